The Bertz CT molecular complexity index is 573. The van der Waals surface area contributed by atoms with Crippen LogP contribution in [0.15, 0.2) is 40.9 Å². The van der Waals surface area contributed by atoms with Crippen LogP contribution in [0.1, 0.15) is 5.56 Å². The van der Waals surface area contributed by atoms with E-state index in [0.29, 0.717) is 11.3 Å². The fourth-order valence-corrected chi connectivity index (χ4v) is 1.83. The van der Waals surface area contributed by atoms with Crippen molar-refractivity contribution < 1.29 is 14.2 Å². The van der Waals surface area contributed by atoms with E-state index in [4.69, 9.17) is 10.5 Å². The Balaban J connectivity index is 2.16. The number of para-hydroxylation sites is 1. The smallest absolute Gasteiger partial charge is 0.146 e. The molecule has 0 amide bonds. The standard InChI is InChI=1S/C13H11BrFNO2/c14-10-5-4-9(15)6-8(10)7-18-12-3-1-2-11(17)13(12)16/h1-6,17H,7,16H2. The molecule has 0 heterocycles. The molecule has 0 radical (unpaired) electrons. The fraction of sp³-hybridized carbons (Fsp3) is 0.0769. The van der Waals surface area contributed by atoms with Gasteiger partial charge < -0.3 is 15.6 Å². The Hall–Kier alpha value is -1.75. The Morgan fingerprint density at radius 1 is 1.28 bits per heavy atom. The SMILES string of the molecule is Nc1c(O)cccc1OCc1cc(F)ccc1Br. The van der Waals surface area contributed by atoms with E-state index in [9.17, 15) is 9.50 Å². The van der Waals surface area contributed by atoms with Crippen molar-refractivity contribution >= 4 is 21.6 Å². The average molecular weight is 312 g/mol. The molecule has 0 atom stereocenters. The second-order valence-electron chi connectivity index (χ2n) is 3.71. The highest BCUT2D eigenvalue weighted by Gasteiger charge is 2.07. The predicted molar refractivity (Wildman–Crippen MR) is 71.0 cm³/mol. The van der Waals surface area contributed by atoms with Crippen LogP contribution in [0.4, 0.5) is 10.1 Å². The van der Waals surface area contributed by atoms with Crippen LogP contribution in [-0.4, -0.2) is 5.11 Å². The number of ether oxygens (including phenoxy) is 1. The van der Waals surface area contributed by atoms with Gasteiger partial charge in [-0.15, -0.1) is 0 Å². The molecule has 0 fully saturated rings. The summed E-state index contributed by atoms with van der Waals surface area (Å²) in [5, 5.41) is 9.42. The second-order valence-corrected chi connectivity index (χ2v) is 4.57. The summed E-state index contributed by atoms with van der Waals surface area (Å²) in [7, 11) is 0. The normalized spacial score (nSPS) is 10.3. The van der Waals surface area contributed by atoms with Crippen molar-refractivity contribution in [2.24, 2.45) is 0 Å². The van der Waals surface area contributed by atoms with Gasteiger partial charge in [0.1, 0.15) is 29.6 Å². The third kappa shape index (κ3) is 2.73. The first-order valence-corrected chi connectivity index (χ1v) is 6.01. The summed E-state index contributed by atoms with van der Waals surface area (Å²) in [6, 6.07) is 9.09. The molecular formula is C13H11BrFNO2. The quantitative estimate of drug-likeness (QED) is 0.674. The summed E-state index contributed by atoms with van der Waals surface area (Å²) in [6.45, 7) is 0.159. The van der Waals surface area contributed by atoms with Gasteiger partial charge in [-0.2, -0.15) is 0 Å². The molecule has 0 spiro atoms. The third-order valence-electron chi connectivity index (χ3n) is 2.43. The molecule has 0 saturated carbocycles. The molecule has 0 aromatic heterocycles. The number of anilines is 1. The highest BCUT2D eigenvalue weighted by atomic mass is 79.9. The van der Waals surface area contributed by atoms with Crippen LogP contribution in [-0.2, 0) is 6.61 Å². The summed E-state index contributed by atoms with van der Waals surface area (Å²) in [5.74, 6) is -0.00218. The Kier molecular flexibility index (Phi) is 3.72. The van der Waals surface area contributed by atoms with E-state index < -0.39 is 0 Å². The fourth-order valence-electron chi connectivity index (χ4n) is 1.47. The summed E-state index contributed by atoms with van der Waals surface area (Å²) in [6.07, 6.45) is 0. The lowest BCUT2D eigenvalue weighted by Gasteiger charge is -2.10. The van der Waals surface area contributed by atoms with Crippen molar-refractivity contribution in [3.05, 3.63) is 52.3 Å². The van der Waals surface area contributed by atoms with Crippen molar-refractivity contribution in [3.8, 4) is 11.5 Å². The minimum Gasteiger partial charge on any atom is -0.506 e. The molecule has 2 aromatic carbocycles. The molecule has 0 aliphatic carbocycles. The molecule has 2 aromatic rings. The Morgan fingerprint density at radius 2 is 2.06 bits per heavy atom. The first kappa shape index (κ1) is 12.7. The van der Waals surface area contributed by atoms with Crippen molar-refractivity contribution in [1.29, 1.82) is 0 Å². The maximum absolute atomic E-state index is 13.1. The van der Waals surface area contributed by atoms with Crippen LogP contribution in [0.5, 0.6) is 11.5 Å². The minimum absolute atomic E-state index is 0.0363. The molecule has 0 aliphatic rings. The van der Waals surface area contributed by atoms with E-state index in [1.54, 1.807) is 18.2 Å². The number of rotatable bonds is 3. The lowest BCUT2D eigenvalue weighted by Crippen LogP contribution is -2.00. The van der Waals surface area contributed by atoms with Gasteiger partial charge in [0.05, 0.1) is 0 Å². The van der Waals surface area contributed by atoms with Gasteiger partial charge in [-0.05, 0) is 30.3 Å². The van der Waals surface area contributed by atoms with Crippen molar-refractivity contribution in [2.75, 3.05) is 5.73 Å². The van der Waals surface area contributed by atoms with Crippen LogP contribution < -0.4 is 10.5 Å². The molecule has 3 nitrogen and oxygen atoms in total. The highest BCUT2D eigenvalue weighted by Crippen LogP contribution is 2.31. The van der Waals surface area contributed by atoms with E-state index in [-0.39, 0.29) is 23.9 Å². The second kappa shape index (κ2) is 5.27. The van der Waals surface area contributed by atoms with Gasteiger partial charge in [0.25, 0.3) is 0 Å². The molecule has 0 aliphatic heterocycles. The molecular weight excluding hydrogens is 301 g/mol. The number of hydrogen-bond acceptors (Lipinski definition) is 3. The third-order valence-corrected chi connectivity index (χ3v) is 3.21. The van der Waals surface area contributed by atoms with Crippen LogP contribution in [0, 0.1) is 5.82 Å². The minimum atomic E-state index is -0.333. The number of hydrogen-bond donors (Lipinski definition) is 2. The number of phenols is 1. The molecule has 0 unspecified atom stereocenters. The predicted octanol–water partition coefficient (Wildman–Crippen LogP) is 3.46. The number of nitrogen functional groups attached to an aromatic ring is 1. The van der Waals surface area contributed by atoms with Crippen molar-refractivity contribution in [2.45, 2.75) is 6.61 Å². The van der Waals surface area contributed by atoms with E-state index in [2.05, 4.69) is 15.9 Å². The topological polar surface area (TPSA) is 55.5 Å². The summed E-state index contributed by atoms with van der Waals surface area (Å²) < 4.78 is 19.3. The first-order valence-electron chi connectivity index (χ1n) is 5.22. The van der Waals surface area contributed by atoms with E-state index >= 15 is 0 Å². The molecule has 18 heavy (non-hydrogen) atoms. The van der Waals surface area contributed by atoms with Crippen LogP contribution in [0.3, 0.4) is 0 Å². The van der Waals surface area contributed by atoms with Gasteiger partial charge in [-0.25, -0.2) is 4.39 Å². The van der Waals surface area contributed by atoms with Gasteiger partial charge in [-0.3, -0.25) is 0 Å². The molecule has 0 bridgehead atoms. The summed E-state index contributed by atoms with van der Waals surface area (Å²) >= 11 is 3.31. The zero-order valence-corrected chi connectivity index (χ0v) is 10.9. The zero-order chi connectivity index (χ0) is 13.1. The Labute approximate surface area is 112 Å². The zero-order valence-electron chi connectivity index (χ0n) is 9.36. The number of phenolic OH excluding ortho intramolecular Hbond substituents is 1. The molecule has 94 valence electrons. The lowest BCUT2D eigenvalue weighted by atomic mass is 10.2. The average Bonchev–Trinajstić information content (AvgIpc) is 2.35. The van der Waals surface area contributed by atoms with Crippen LogP contribution in [0.25, 0.3) is 0 Å². The number of benzene rings is 2. The van der Waals surface area contributed by atoms with Gasteiger partial charge in [-0.1, -0.05) is 22.0 Å². The van der Waals surface area contributed by atoms with E-state index in [0.717, 1.165) is 4.47 Å². The Morgan fingerprint density at radius 3 is 2.83 bits per heavy atom. The van der Waals surface area contributed by atoms with E-state index in [1.807, 2.05) is 0 Å². The first-order chi connectivity index (χ1) is 8.58. The van der Waals surface area contributed by atoms with Crippen LogP contribution >= 0.6 is 15.9 Å². The van der Waals surface area contributed by atoms with Gasteiger partial charge >= 0.3 is 0 Å². The lowest BCUT2D eigenvalue weighted by molar-refractivity contribution is 0.305. The molecule has 5 heteroatoms. The van der Waals surface area contributed by atoms with Gasteiger partial charge in [0, 0.05) is 10.0 Å². The van der Waals surface area contributed by atoms with E-state index in [1.165, 1.54) is 18.2 Å². The van der Waals surface area contributed by atoms with Crippen molar-refractivity contribution in [3.63, 3.8) is 0 Å². The summed E-state index contributed by atoms with van der Waals surface area (Å²) in [5.41, 5.74) is 6.49. The molecule has 0 saturated heterocycles. The maximum Gasteiger partial charge on any atom is 0.146 e. The largest absolute Gasteiger partial charge is 0.506 e. The van der Waals surface area contributed by atoms with Gasteiger partial charge in [0.2, 0.25) is 0 Å². The van der Waals surface area contributed by atoms with Gasteiger partial charge in [0.15, 0.2) is 0 Å². The monoisotopic (exact) mass is 311 g/mol. The molecule has 3 N–H and O–H groups in total. The number of aromatic hydroxyl groups is 1. The number of halogens is 2. The van der Waals surface area contributed by atoms with Crippen LogP contribution in [0.2, 0.25) is 0 Å². The van der Waals surface area contributed by atoms with Crippen molar-refractivity contribution in [1.82, 2.24) is 0 Å². The number of nitrogens with two attached hydrogens (primary N) is 1. The maximum atomic E-state index is 13.1. The summed E-state index contributed by atoms with van der Waals surface area (Å²) in [4.78, 5) is 0. The highest BCUT2D eigenvalue weighted by molar-refractivity contribution is 9.10. The molecule has 2 rings (SSSR count).